The minimum absolute atomic E-state index is 0.180. The lowest BCUT2D eigenvalue weighted by molar-refractivity contribution is 0.0127. The zero-order chi connectivity index (χ0) is 19.3. The van der Waals surface area contributed by atoms with Gasteiger partial charge in [0.15, 0.2) is 0 Å². The molecule has 1 aromatic heterocycles. The predicted octanol–water partition coefficient (Wildman–Crippen LogP) is 2.34. The van der Waals surface area contributed by atoms with E-state index in [2.05, 4.69) is 9.62 Å². The van der Waals surface area contributed by atoms with Gasteiger partial charge >= 0.3 is 0 Å². The zero-order valence-corrected chi connectivity index (χ0v) is 16.5. The van der Waals surface area contributed by atoms with E-state index in [-0.39, 0.29) is 17.5 Å². The summed E-state index contributed by atoms with van der Waals surface area (Å²) in [6.07, 6.45) is 0. The fourth-order valence-corrected chi connectivity index (χ4v) is 4.12. The van der Waals surface area contributed by atoms with Crippen molar-refractivity contribution in [2.24, 2.45) is 0 Å². The molecular formula is C19H26N2O5S. The third kappa shape index (κ3) is 5.10. The van der Waals surface area contributed by atoms with Crippen LogP contribution in [0.1, 0.15) is 24.5 Å². The fraction of sp³-hybridized carbons (Fsp3) is 0.474. The van der Waals surface area contributed by atoms with Crippen LogP contribution < -0.4 is 9.46 Å². The Kier molecular flexibility index (Phi) is 6.54. The molecule has 1 atom stereocenters. The summed E-state index contributed by atoms with van der Waals surface area (Å²) in [6.45, 7) is 7.24. The normalized spacial score (nSPS) is 17.0. The highest BCUT2D eigenvalue weighted by Crippen LogP contribution is 2.24. The molecule has 148 valence electrons. The third-order valence-corrected chi connectivity index (χ3v) is 5.93. The molecule has 0 amide bonds. The van der Waals surface area contributed by atoms with Crippen molar-refractivity contribution in [2.75, 3.05) is 39.5 Å². The molecule has 1 aliphatic heterocycles. The van der Waals surface area contributed by atoms with Crippen molar-refractivity contribution in [1.29, 1.82) is 0 Å². The molecule has 1 fully saturated rings. The summed E-state index contributed by atoms with van der Waals surface area (Å²) in [6, 6.07) is 10.0. The van der Waals surface area contributed by atoms with Crippen LogP contribution in [0.3, 0.4) is 0 Å². The molecule has 0 radical (unpaired) electrons. The van der Waals surface area contributed by atoms with E-state index in [4.69, 9.17) is 13.9 Å². The van der Waals surface area contributed by atoms with Gasteiger partial charge in [0.2, 0.25) is 10.0 Å². The van der Waals surface area contributed by atoms with Gasteiger partial charge in [-0.25, -0.2) is 13.1 Å². The minimum atomic E-state index is -3.63. The van der Waals surface area contributed by atoms with Crippen LogP contribution in [0.4, 0.5) is 0 Å². The first-order chi connectivity index (χ1) is 13.0. The van der Waals surface area contributed by atoms with Crippen molar-refractivity contribution in [3.05, 3.63) is 47.9 Å². The van der Waals surface area contributed by atoms with Crippen LogP contribution >= 0.6 is 0 Å². The van der Waals surface area contributed by atoms with Crippen molar-refractivity contribution >= 4 is 10.0 Å². The monoisotopic (exact) mass is 394 g/mol. The first kappa shape index (κ1) is 19.9. The standard InChI is InChI=1S/C19H26N2O5S/c1-3-25-16-5-7-17(8-6-16)27(22,23)20-14-18(19-9-4-15(2)26-19)21-10-12-24-13-11-21/h4-9,18,20H,3,10-14H2,1-2H3. The molecule has 3 rings (SSSR count). The average molecular weight is 394 g/mol. The van der Waals surface area contributed by atoms with Gasteiger partial charge in [-0.1, -0.05) is 0 Å². The van der Waals surface area contributed by atoms with Gasteiger partial charge in [0.1, 0.15) is 17.3 Å². The number of hydrogen-bond acceptors (Lipinski definition) is 6. The molecule has 0 spiro atoms. The molecule has 2 aromatic rings. The maximum absolute atomic E-state index is 12.7. The first-order valence-electron chi connectivity index (χ1n) is 9.10. The van der Waals surface area contributed by atoms with Gasteiger partial charge in [0.25, 0.3) is 0 Å². The van der Waals surface area contributed by atoms with E-state index in [0.717, 1.165) is 24.6 Å². The fourth-order valence-electron chi connectivity index (χ4n) is 3.08. The quantitative estimate of drug-likeness (QED) is 0.740. The number of morpholine rings is 1. The molecule has 7 nitrogen and oxygen atoms in total. The molecule has 1 saturated heterocycles. The van der Waals surface area contributed by atoms with E-state index in [1.807, 2.05) is 26.0 Å². The van der Waals surface area contributed by atoms with Crippen molar-refractivity contribution in [1.82, 2.24) is 9.62 Å². The highest BCUT2D eigenvalue weighted by atomic mass is 32.2. The Bertz CT molecular complexity index is 826. The summed E-state index contributed by atoms with van der Waals surface area (Å²) >= 11 is 0. The van der Waals surface area contributed by atoms with Crippen LogP contribution in [-0.4, -0.2) is 52.8 Å². The smallest absolute Gasteiger partial charge is 0.240 e. The van der Waals surface area contributed by atoms with Crippen LogP contribution in [0.2, 0.25) is 0 Å². The lowest BCUT2D eigenvalue weighted by atomic mass is 10.2. The number of benzene rings is 1. The second-order valence-corrected chi connectivity index (χ2v) is 8.14. The summed E-state index contributed by atoms with van der Waals surface area (Å²) in [5.74, 6) is 2.20. The van der Waals surface area contributed by atoms with Gasteiger partial charge in [-0.3, -0.25) is 4.90 Å². The summed E-state index contributed by atoms with van der Waals surface area (Å²) < 4.78 is 44.7. The average Bonchev–Trinajstić information content (AvgIpc) is 3.09. The number of sulfonamides is 1. The van der Waals surface area contributed by atoms with Gasteiger partial charge in [-0.2, -0.15) is 0 Å². The van der Waals surface area contributed by atoms with E-state index in [1.54, 1.807) is 24.3 Å². The summed E-state index contributed by atoms with van der Waals surface area (Å²) in [5, 5.41) is 0. The SMILES string of the molecule is CCOc1ccc(S(=O)(=O)NCC(c2ccc(C)o2)N2CCOCC2)cc1. The molecule has 8 heteroatoms. The Morgan fingerprint density at radius 2 is 1.85 bits per heavy atom. The van der Waals surface area contributed by atoms with E-state index < -0.39 is 10.0 Å². The molecule has 1 unspecified atom stereocenters. The maximum Gasteiger partial charge on any atom is 0.240 e. The number of furan rings is 1. The van der Waals surface area contributed by atoms with Gasteiger partial charge in [0, 0.05) is 19.6 Å². The van der Waals surface area contributed by atoms with E-state index in [9.17, 15) is 8.42 Å². The van der Waals surface area contributed by atoms with Gasteiger partial charge < -0.3 is 13.9 Å². The highest BCUT2D eigenvalue weighted by molar-refractivity contribution is 7.89. The Morgan fingerprint density at radius 1 is 1.15 bits per heavy atom. The Balaban J connectivity index is 1.73. The van der Waals surface area contributed by atoms with E-state index >= 15 is 0 Å². The lowest BCUT2D eigenvalue weighted by Crippen LogP contribution is -2.43. The number of nitrogens with zero attached hydrogens (tertiary/aromatic N) is 1. The van der Waals surface area contributed by atoms with Crippen molar-refractivity contribution in [3.8, 4) is 5.75 Å². The van der Waals surface area contributed by atoms with Crippen LogP contribution in [0.15, 0.2) is 45.7 Å². The number of aryl methyl sites for hydroxylation is 1. The third-order valence-electron chi connectivity index (χ3n) is 4.49. The second kappa shape index (κ2) is 8.88. The Hall–Kier alpha value is -1.87. The van der Waals surface area contributed by atoms with Crippen LogP contribution in [-0.2, 0) is 14.8 Å². The Labute approximate surface area is 160 Å². The van der Waals surface area contributed by atoms with E-state index in [0.29, 0.717) is 25.6 Å². The van der Waals surface area contributed by atoms with Crippen molar-refractivity contribution in [3.63, 3.8) is 0 Å². The van der Waals surface area contributed by atoms with Crippen LogP contribution in [0.5, 0.6) is 5.75 Å². The predicted molar refractivity (Wildman–Crippen MR) is 101 cm³/mol. The molecule has 0 aliphatic carbocycles. The summed E-state index contributed by atoms with van der Waals surface area (Å²) in [4.78, 5) is 2.39. The maximum atomic E-state index is 12.7. The highest BCUT2D eigenvalue weighted by Gasteiger charge is 2.27. The summed E-state index contributed by atoms with van der Waals surface area (Å²) in [7, 11) is -3.63. The number of ether oxygens (including phenoxy) is 2. The second-order valence-electron chi connectivity index (χ2n) is 6.37. The largest absolute Gasteiger partial charge is 0.494 e. The molecule has 0 bridgehead atoms. The number of hydrogen-bond donors (Lipinski definition) is 1. The molecule has 1 aromatic carbocycles. The van der Waals surface area contributed by atoms with Crippen LogP contribution in [0, 0.1) is 6.92 Å². The molecular weight excluding hydrogens is 368 g/mol. The molecule has 27 heavy (non-hydrogen) atoms. The van der Waals surface area contributed by atoms with E-state index in [1.165, 1.54) is 0 Å². The molecule has 2 heterocycles. The van der Waals surface area contributed by atoms with Crippen molar-refractivity contribution in [2.45, 2.75) is 24.8 Å². The van der Waals surface area contributed by atoms with Gasteiger partial charge in [-0.05, 0) is 50.2 Å². The van der Waals surface area contributed by atoms with Gasteiger partial charge in [-0.15, -0.1) is 0 Å². The first-order valence-corrected chi connectivity index (χ1v) is 10.6. The van der Waals surface area contributed by atoms with Crippen LogP contribution in [0.25, 0.3) is 0 Å². The lowest BCUT2D eigenvalue weighted by Gasteiger charge is -2.33. The van der Waals surface area contributed by atoms with Gasteiger partial charge in [0.05, 0.1) is 30.8 Å². The zero-order valence-electron chi connectivity index (χ0n) is 15.7. The number of nitrogens with one attached hydrogen (secondary N) is 1. The summed E-state index contributed by atoms with van der Waals surface area (Å²) in [5.41, 5.74) is 0. The Morgan fingerprint density at radius 3 is 2.44 bits per heavy atom. The number of rotatable bonds is 8. The molecule has 1 aliphatic rings. The topological polar surface area (TPSA) is 81.0 Å². The minimum Gasteiger partial charge on any atom is -0.494 e. The molecule has 1 N–H and O–H groups in total. The molecule has 0 saturated carbocycles. The van der Waals surface area contributed by atoms with Crippen molar-refractivity contribution < 1.29 is 22.3 Å².